The van der Waals surface area contributed by atoms with E-state index in [2.05, 4.69) is 0 Å². The lowest BCUT2D eigenvalue weighted by Gasteiger charge is -1.96. The predicted molar refractivity (Wildman–Crippen MR) is 27.8 cm³/mol. The third kappa shape index (κ3) is 1.79. The van der Waals surface area contributed by atoms with Gasteiger partial charge in [-0.1, -0.05) is 0 Å². The van der Waals surface area contributed by atoms with Crippen molar-refractivity contribution >= 4 is 5.71 Å². The van der Waals surface area contributed by atoms with Crippen LogP contribution in [0.25, 0.3) is 0 Å². The molecule has 0 aliphatic rings. The van der Waals surface area contributed by atoms with Crippen molar-refractivity contribution in [2.24, 2.45) is 0 Å². The van der Waals surface area contributed by atoms with Crippen molar-refractivity contribution in [2.45, 2.75) is 20.0 Å². The standard InChI is InChI=1S/C4H9NO3/c1-3(4(2)6)5(7)8/h4,6H,1-2H3,(H,7,8). The summed E-state index contributed by atoms with van der Waals surface area (Å²) in [5, 5.41) is 26.5. The normalized spacial score (nSPS) is 17.4. The molecular formula is C4H9NO3. The second kappa shape index (κ2) is 2.52. The average Bonchev–Trinajstić information content (AvgIpc) is 1.64. The summed E-state index contributed by atoms with van der Waals surface area (Å²) < 4.78 is 0. The third-order valence-corrected chi connectivity index (χ3v) is 0.906. The fourth-order valence-corrected chi connectivity index (χ4v) is 0.160. The van der Waals surface area contributed by atoms with Crippen molar-refractivity contribution in [2.75, 3.05) is 0 Å². The van der Waals surface area contributed by atoms with Gasteiger partial charge in [-0.2, -0.15) is 0 Å². The molecule has 48 valence electrons. The van der Waals surface area contributed by atoms with Gasteiger partial charge in [0.1, 0.15) is 6.10 Å². The van der Waals surface area contributed by atoms with Gasteiger partial charge in [-0.15, -0.1) is 0 Å². The van der Waals surface area contributed by atoms with Crippen LogP contribution in [-0.2, 0) is 0 Å². The molecule has 4 nitrogen and oxygen atoms in total. The fraction of sp³-hybridized carbons (Fsp3) is 0.750. The first-order valence-electron chi connectivity index (χ1n) is 2.23. The van der Waals surface area contributed by atoms with Gasteiger partial charge < -0.3 is 10.3 Å². The first-order valence-corrected chi connectivity index (χ1v) is 2.23. The van der Waals surface area contributed by atoms with E-state index in [1.807, 2.05) is 0 Å². The molecule has 0 spiro atoms. The summed E-state index contributed by atoms with van der Waals surface area (Å²) in [5.41, 5.74) is -0.00926. The molecule has 0 saturated carbocycles. The molecule has 8 heavy (non-hydrogen) atoms. The van der Waals surface area contributed by atoms with Crippen LogP contribution in [0.3, 0.4) is 0 Å². The van der Waals surface area contributed by atoms with E-state index in [0.717, 1.165) is 0 Å². The van der Waals surface area contributed by atoms with E-state index in [1.54, 1.807) is 0 Å². The molecule has 0 aliphatic carbocycles. The Hall–Kier alpha value is -0.770. The number of hydrogen-bond donors (Lipinski definition) is 2. The summed E-state index contributed by atoms with van der Waals surface area (Å²) in [7, 11) is 0. The molecule has 1 unspecified atom stereocenters. The smallest absolute Gasteiger partial charge is 0.246 e. The van der Waals surface area contributed by atoms with Crippen molar-refractivity contribution in [3.05, 3.63) is 5.21 Å². The zero-order valence-corrected chi connectivity index (χ0v) is 4.83. The molecule has 0 radical (unpaired) electrons. The van der Waals surface area contributed by atoms with E-state index in [-0.39, 0.29) is 10.6 Å². The predicted octanol–water partition coefficient (Wildman–Crippen LogP) is -0.272. The minimum Gasteiger partial charge on any atom is -0.418 e. The zero-order valence-electron chi connectivity index (χ0n) is 4.83. The number of rotatable bonds is 1. The summed E-state index contributed by atoms with van der Waals surface area (Å²) in [6, 6.07) is 0. The van der Waals surface area contributed by atoms with E-state index < -0.39 is 6.10 Å². The molecule has 0 saturated heterocycles. The van der Waals surface area contributed by atoms with Gasteiger partial charge in [-0.25, -0.2) is 0 Å². The Morgan fingerprint density at radius 1 is 1.75 bits per heavy atom. The number of aliphatic hydroxyl groups excluding tert-OH is 1. The topological polar surface area (TPSA) is 66.5 Å². The minimum absolute atomic E-state index is 0.00926. The highest BCUT2D eigenvalue weighted by Crippen LogP contribution is 1.82. The Labute approximate surface area is 47.2 Å². The Balaban J connectivity index is 4.00. The molecule has 0 aliphatic heterocycles. The van der Waals surface area contributed by atoms with Crippen LogP contribution in [-0.4, -0.2) is 27.0 Å². The molecule has 0 rings (SSSR count). The highest BCUT2D eigenvalue weighted by molar-refractivity contribution is 5.80. The van der Waals surface area contributed by atoms with Crippen LogP contribution in [0.2, 0.25) is 0 Å². The van der Waals surface area contributed by atoms with E-state index in [0.29, 0.717) is 0 Å². The Morgan fingerprint density at radius 3 is 2.12 bits per heavy atom. The molecule has 0 aromatic carbocycles. The molecule has 1 atom stereocenters. The maximum atomic E-state index is 9.86. The lowest BCUT2D eigenvalue weighted by atomic mass is 10.3. The van der Waals surface area contributed by atoms with Crippen LogP contribution in [0.15, 0.2) is 0 Å². The Bertz CT molecular complexity index is 104. The maximum Gasteiger partial charge on any atom is 0.246 e. The monoisotopic (exact) mass is 119 g/mol. The first kappa shape index (κ1) is 7.23. The second-order valence-electron chi connectivity index (χ2n) is 1.59. The van der Waals surface area contributed by atoms with Crippen LogP contribution >= 0.6 is 0 Å². The van der Waals surface area contributed by atoms with Gasteiger partial charge in [-0.05, 0) is 6.92 Å². The van der Waals surface area contributed by atoms with E-state index >= 15 is 0 Å². The first-order chi connectivity index (χ1) is 3.55. The van der Waals surface area contributed by atoms with E-state index in [1.165, 1.54) is 13.8 Å². The molecule has 0 heterocycles. The van der Waals surface area contributed by atoms with Crippen molar-refractivity contribution in [3.8, 4) is 0 Å². The highest BCUT2D eigenvalue weighted by atomic mass is 16.8. The minimum atomic E-state index is -0.877. The summed E-state index contributed by atoms with van der Waals surface area (Å²) in [6.45, 7) is 2.74. The van der Waals surface area contributed by atoms with Crippen molar-refractivity contribution < 1.29 is 15.2 Å². The summed E-state index contributed by atoms with van der Waals surface area (Å²) in [6.07, 6.45) is -0.877. The summed E-state index contributed by atoms with van der Waals surface area (Å²) in [5.74, 6) is 0. The second-order valence-corrected chi connectivity index (χ2v) is 1.59. The largest absolute Gasteiger partial charge is 0.418 e. The van der Waals surface area contributed by atoms with E-state index in [9.17, 15) is 5.21 Å². The van der Waals surface area contributed by atoms with Gasteiger partial charge in [0.05, 0.1) is 0 Å². The molecule has 2 N–H and O–H groups in total. The lowest BCUT2D eigenvalue weighted by molar-refractivity contribution is -0.727. The number of nitrogens with zero attached hydrogens (tertiary/aromatic N) is 1. The van der Waals surface area contributed by atoms with E-state index in [4.69, 9.17) is 10.3 Å². The highest BCUT2D eigenvalue weighted by Gasteiger charge is 2.08. The molecule has 0 aromatic heterocycles. The van der Waals surface area contributed by atoms with Gasteiger partial charge in [-0.3, -0.25) is 5.21 Å². The van der Waals surface area contributed by atoms with Crippen LogP contribution in [0.5, 0.6) is 0 Å². The summed E-state index contributed by atoms with van der Waals surface area (Å²) >= 11 is 0. The molecular weight excluding hydrogens is 110 g/mol. The van der Waals surface area contributed by atoms with Crippen LogP contribution in [0.1, 0.15) is 13.8 Å². The molecule has 0 aromatic rings. The van der Waals surface area contributed by atoms with Gasteiger partial charge in [0.25, 0.3) is 0 Å². The Kier molecular flexibility index (Phi) is 2.27. The molecule has 0 amide bonds. The average molecular weight is 119 g/mol. The van der Waals surface area contributed by atoms with Crippen LogP contribution in [0, 0.1) is 5.21 Å². The van der Waals surface area contributed by atoms with Crippen LogP contribution < -0.4 is 0 Å². The molecule has 0 bridgehead atoms. The van der Waals surface area contributed by atoms with Gasteiger partial charge in [0.2, 0.25) is 5.71 Å². The molecule has 4 heteroatoms. The van der Waals surface area contributed by atoms with Crippen molar-refractivity contribution in [1.82, 2.24) is 0 Å². The number of hydrogen-bond acceptors (Lipinski definition) is 3. The van der Waals surface area contributed by atoms with Crippen molar-refractivity contribution in [3.63, 3.8) is 0 Å². The fourth-order valence-electron chi connectivity index (χ4n) is 0.160. The lowest BCUT2D eigenvalue weighted by Crippen LogP contribution is -2.21. The Morgan fingerprint density at radius 2 is 2.12 bits per heavy atom. The summed E-state index contributed by atoms with van der Waals surface area (Å²) in [4.78, 5) is -0.343. The van der Waals surface area contributed by atoms with Gasteiger partial charge in [0, 0.05) is 11.8 Å². The quantitative estimate of drug-likeness (QED) is 0.216. The van der Waals surface area contributed by atoms with Gasteiger partial charge in [0.15, 0.2) is 0 Å². The third-order valence-electron chi connectivity index (χ3n) is 0.906. The van der Waals surface area contributed by atoms with Crippen LogP contribution in [0.4, 0.5) is 0 Å². The zero-order chi connectivity index (χ0) is 6.73. The number of aliphatic hydroxyl groups is 1. The van der Waals surface area contributed by atoms with Gasteiger partial charge >= 0.3 is 0 Å². The maximum absolute atomic E-state index is 9.86. The molecule has 0 fully saturated rings. The van der Waals surface area contributed by atoms with Crippen molar-refractivity contribution in [1.29, 1.82) is 0 Å². The SMILES string of the molecule is C/C(C(C)O)=[N+](/[O-])O.